The van der Waals surface area contributed by atoms with Crippen molar-refractivity contribution in [3.63, 3.8) is 0 Å². The second kappa shape index (κ2) is 9.16. The molecule has 1 unspecified atom stereocenters. The highest BCUT2D eigenvalue weighted by Gasteiger charge is 2.49. The Balaban J connectivity index is 1.63. The number of nitrogens with zero attached hydrogens (tertiary/aromatic N) is 1. The van der Waals surface area contributed by atoms with Crippen LogP contribution in [0, 0.1) is 0 Å². The van der Waals surface area contributed by atoms with Crippen molar-refractivity contribution in [2.75, 3.05) is 6.61 Å². The van der Waals surface area contributed by atoms with Gasteiger partial charge in [0, 0.05) is 11.6 Å². The molecule has 178 valence electrons. The Bertz CT molecular complexity index is 1150. The van der Waals surface area contributed by atoms with Gasteiger partial charge in [-0.25, -0.2) is 0 Å². The molecule has 1 amide bonds. The molecule has 5 rings (SSSR count). The molecular formula is C28H31NO5. The summed E-state index contributed by atoms with van der Waals surface area (Å²) in [4.78, 5) is 28.4. The quantitative estimate of drug-likeness (QED) is 0.378. The van der Waals surface area contributed by atoms with E-state index in [1.807, 2.05) is 50.2 Å². The third-order valence-electron chi connectivity index (χ3n) is 6.93. The first-order valence-electron chi connectivity index (χ1n) is 12.3. The summed E-state index contributed by atoms with van der Waals surface area (Å²) in [7, 11) is 0. The van der Waals surface area contributed by atoms with Gasteiger partial charge < -0.3 is 19.5 Å². The van der Waals surface area contributed by atoms with Crippen LogP contribution in [0.25, 0.3) is 5.76 Å². The summed E-state index contributed by atoms with van der Waals surface area (Å²) in [6.07, 6.45) is 5.54. The molecule has 2 aliphatic heterocycles. The Labute approximate surface area is 200 Å². The van der Waals surface area contributed by atoms with Crippen molar-refractivity contribution in [1.29, 1.82) is 0 Å². The van der Waals surface area contributed by atoms with E-state index in [9.17, 15) is 14.7 Å². The fourth-order valence-electron chi connectivity index (χ4n) is 5.43. The maximum atomic E-state index is 13.4. The van der Waals surface area contributed by atoms with Crippen molar-refractivity contribution in [3.05, 3.63) is 64.7 Å². The van der Waals surface area contributed by atoms with E-state index in [-0.39, 0.29) is 23.5 Å². The van der Waals surface area contributed by atoms with Gasteiger partial charge >= 0.3 is 0 Å². The number of benzene rings is 2. The number of ether oxygens (including phenoxy) is 2. The number of aliphatic hydroxyl groups is 1. The highest BCUT2D eigenvalue weighted by Crippen LogP contribution is 2.44. The van der Waals surface area contributed by atoms with Crippen molar-refractivity contribution in [3.8, 4) is 11.5 Å². The summed E-state index contributed by atoms with van der Waals surface area (Å²) >= 11 is 0. The third-order valence-corrected chi connectivity index (χ3v) is 6.93. The summed E-state index contributed by atoms with van der Waals surface area (Å²) in [5.41, 5.74) is 2.46. The van der Waals surface area contributed by atoms with E-state index in [1.165, 1.54) is 0 Å². The van der Waals surface area contributed by atoms with Gasteiger partial charge in [0.25, 0.3) is 11.7 Å². The highest BCUT2D eigenvalue weighted by atomic mass is 16.5. The fourth-order valence-corrected chi connectivity index (χ4v) is 5.43. The topological polar surface area (TPSA) is 76.1 Å². The molecule has 6 heteroatoms. The largest absolute Gasteiger partial charge is 0.507 e. The second-order valence-corrected chi connectivity index (χ2v) is 9.66. The van der Waals surface area contributed by atoms with Crippen LogP contribution in [-0.2, 0) is 16.0 Å². The van der Waals surface area contributed by atoms with Gasteiger partial charge in [0.2, 0.25) is 0 Å². The van der Waals surface area contributed by atoms with Gasteiger partial charge in [-0.05, 0) is 81.0 Å². The minimum Gasteiger partial charge on any atom is -0.507 e. The number of aliphatic hydroxyl groups excluding tert-OH is 1. The zero-order valence-corrected chi connectivity index (χ0v) is 19.8. The van der Waals surface area contributed by atoms with Crippen LogP contribution >= 0.6 is 0 Å². The molecule has 2 fully saturated rings. The molecular weight excluding hydrogens is 430 g/mol. The molecule has 6 nitrogen and oxygen atoms in total. The normalized spacial score (nSPS) is 22.2. The number of carbonyl (C=O) groups excluding carboxylic acids is 2. The summed E-state index contributed by atoms with van der Waals surface area (Å²) < 4.78 is 11.6. The number of amides is 1. The van der Waals surface area contributed by atoms with Crippen LogP contribution in [0.1, 0.15) is 68.7 Å². The lowest BCUT2D eigenvalue weighted by Crippen LogP contribution is -2.37. The van der Waals surface area contributed by atoms with Crippen molar-refractivity contribution in [1.82, 2.24) is 4.90 Å². The smallest absolute Gasteiger partial charge is 0.295 e. The molecule has 2 heterocycles. The van der Waals surface area contributed by atoms with Crippen molar-refractivity contribution in [2.24, 2.45) is 0 Å². The second-order valence-electron chi connectivity index (χ2n) is 9.66. The van der Waals surface area contributed by atoms with E-state index in [4.69, 9.17) is 9.47 Å². The number of fused-ring (bicyclic) bond motifs is 1. The van der Waals surface area contributed by atoms with E-state index >= 15 is 0 Å². The predicted molar refractivity (Wildman–Crippen MR) is 129 cm³/mol. The third kappa shape index (κ3) is 4.06. The van der Waals surface area contributed by atoms with Crippen LogP contribution in [0.4, 0.5) is 0 Å². The van der Waals surface area contributed by atoms with E-state index in [2.05, 4.69) is 0 Å². The first kappa shape index (κ1) is 22.5. The number of likely N-dealkylation sites (tertiary alicyclic amines) is 1. The van der Waals surface area contributed by atoms with E-state index in [0.717, 1.165) is 55.4 Å². The lowest BCUT2D eigenvalue weighted by molar-refractivity contribution is -0.141. The van der Waals surface area contributed by atoms with Crippen molar-refractivity contribution in [2.45, 2.75) is 70.6 Å². The van der Waals surface area contributed by atoms with Gasteiger partial charge in [-0.15, -0.1) is 0 Å². The molecule has 1 atom stereocenters. The molecule has 1 aliphatic carbocycles. The number of ketones is 1. The van der Waals surface area contributed by atoms with Gasteiger partial charge in [0.1, 0.15) is 17.3 Å². The van der Waals surface area contributed by atoms with Crippen molar-refractivity contribution >= 4 is 17.4 Å². The molecule has 3 aliphatic rings. The molecule has 0 radical (unpaired) electrons. The number of hydrogen-bond donors (Lipinski definition) is 1. The summed E-state index contributed by atoms with van der Waals surface area (Å²) in [5, 5.41) is 11.4. The minimum absolute atomic E-state index is 0.00541. The molecule has 1 N–H and O–H groups in total. The van der Waals surface area contributed by atoms with Gasteiger partial charge in [-0.2, -0.15) is 0 Å². The SMILES string of the molecule is CC(C)Oc1cccc(C2/C(=C(/O)c3ccc4c(c3)CCCO4)C(=O)C(=O)N2C2CCCC2)c1. The number of aryl methyl sites for hydroxylation is 1. The lowest BCUT2D eigenvalue weighted by Gasteiger charge is -2.31. The number of rotatable bonds is 5. The molecule has 0 bridgehead atoms. The first-order chi connectivity index (χ1) is 16.4. The lowest BCUT2D eigenvalue weighted by atomic mass is 9.93. The van der Waals surface area contributed by atoms with Gasteiger partial charge in [-0.3, -0.25) is 9.59 Å². The Morgan fingerprint density at radius 1 is 1.09 bits per heavy atom. The highest BCUT2D eigenvalue weighted by molar-refractivity contribution is 6.46. The van der Waals surface area contributed by atoms with Gasteiger partial charge in [0.15, 0.2) is 0 Å². The number of Topliss-reactive ketones (excluding diaryl/α,β-unsaturated/α-hetero) is 1. The van der Waals surface area contributed by atoms with Gasteiger partial charge in [0.05, 0.1) is 24.3 Å². The molecule has 2 aromatic carbocycles. The molecule has 0 spiro atoms. The Hall–Kier alpha value is -3.28. The van der Waals surface area contributed by atoms with E-state index in [1.54, 1.807) is 11.0 Å². The number of hydrogen-bond acceptors (Lipinski definition) is 5. The van der Waals surface area contributed by atoms with Crippen LogP contribution in [0.5, 0.6) is 11.5 Å². The maximum absolute atomic E-state index is 13.4. The van der Waals surface area contributed by atoms with E-state index in [0.29, 0.717) is 17.9 Å². The number of carbonyl (C=O) groups is 2. The zero-order valence-electron chi connectivity index (χ0n) is 19.8. The Morgan fingerprint density at radius 2 is 1.88 bits per heavy atom. The molecule has 1 saturated heterocycles. The summed E-state index contributed by atoms with van der Waals surface area (Å²) in [6.45, 7) is 4.59. The fraction of sp³-hybridized carbons (Fsp3) is 0.429. The maximum Gasteiger partial charge on any atom is 0.295 e. The molecule has 1 saturated carbocycles. The monoisotopic (exact) mass is 461 g/mol. The average Bonchev–Trinajstić information content (AvgIpc) is 3.45. The van der Waals surface area contributed by atoms with Crippen LogP contribution in [-0.4, -0.2) is 40.4 Å². The van der Waals surface area contributed by atoms with Crippen LogP contribution in [0.15, 0.2) is 48.0 Å². The average molecular weight is 462 g/mol. The van der Waals surface area contributed by atoms with E-state index < -0.39 is 17.7 Å². The van der Waals surface area contributed by atoms with Crippen LogP contribution < -0.4 is 9.47 Å². The van der Waals surface area contributed by atoms with Crippen LogP contribution in [0.2, 0.25) is 0 Å². The molecule has 0 aromatic heterocycles. The predicted octanol–water partition coefficient (Wildman–Crippen LogP) is 5.16. The Kier molecular flexibility index (Phi) is 6.07. The Morgan fingerprint density at radius 3 is 2.65 bits per heavy atom. The standard InChI is InChI=1S/C28H31NO5/c1-17(2)34-22-11-5-7-19(16-22)25-24(27(31)28(32)29(25)21-9-3-4-10-21)26(30)20-12-13-23-18(15-20)8-6-14-33-23/h5,7,11-13,15-17,21,25,30H,3-4,6,8-10,14H2,1-2H3/b26-24-. The molecule has 2 aromatic rings. The van der Waals surface area contributed by atoms with Crippen molar-refractivity contribution < 1.29 is 24.2 Å². The van der Waals surface area contributed by atoms with Crippen LogP contribution in [0.3, 0.4) is 0 Å². The van der Waals surface area contributed by atoms with Gasteiger partial charge in [-0.1, -0.05) is 25.0 Å². The molecule has 34 heavy (non-hydrogen) atoms. The zero-order chi connectivity index (χ0) is 23.8. The first-order valence-corrected chi connectivity index (χ1v) is 12.3. The minimum atomic E-state index is -0.647. The summed E-state index contributed by atoms with van der Waals surface area (Å²) in [6, 6.07) is 12.3. The summed E-state index contributed by atoms with van der Waals surface area (Å²) in [5.74, 6) is 0.195.